The van der Waals surface area contributed by atoms with Crippen LogP contribution < -0.4 is 19.1 Å². The van der Waals surface area contributed by atoms with Gasteiger partial charge < -0.3 is 19.1 Å². The molecule has 27 heavy (non-hydrogen) atoms. The van der Waals surface area contributed by atoms with Crippen molar-refractivity contribution < 1.29 is 19.0 Å². The first kappa shape index (κ1) is 19.1. The Balaban J connectivity index is 1.75. The molecule has 2 aromatic carbocycles. The lowest BCUT2D eigenvalue weighted by atomic mass is 9.90. The van der Waals surface area contributed by atoms with Crippen molar-refractivity contribution in [2.45, 2.75) is 25.2 Å². The van der Waals surface area contributed by atoms with E-state index in [9.17, 15) is 4.79 Å². The number of ether oxygens (including phenoxy) is 3. The van der Waals surface area contributed by atoms with E-state index in [-0.39, 0.29) is 11.8 Å². The Bertz CT molecular complexity index is 783. The van der Waals surface area contributed by atoms with Gasteiger partial charge in [0.1, 0.15) is 5.75 Å². The molecule has 0 bridgehead atoms. The number of carbonyl (C=O) groups excluding carboxylic acids is 1. The van der Waals surface area contributed by atoms with Crippen LogP contribution in [0.4, 0.5) is 5.69 Å². The minimum Gasteiger partial charge on any atom is -0.497 e. The Morgan fingerprint density at radius 2 is 1.67 bits per heavy atom. The van der Waals surface area contributed by atoms with Crippen LogP contribution >= 0.6 is 0 Å². The summed E-state index contributed by atoms with van der Waals surface area (Å²) in [6.07, 6.45) is 2.86. The summed E-state index contributed by atoms with van der Waals surface area (Å²) >= 11 is 0. The average Bonchev–Trinajstić information content (AvgIpc) is 3.56. The number of amides is 1. The summed E-state index contributed by atoms with van der Waals surface area (Å²) in [5, 5.41) is 0. The monoisotopic (exact) mass is 369 g/mol. The van der Waals surface area contributed by atoms with Crippen molar-refractivity contribution >= 4 is 11.6 Å². The van der Waals surface area contributed by atoms with E-state index >= 15 is 0 Å². The third-order valence-electron chi connectivity index (χ3n) is 5.26. The lowest BCUT2D eigenvalue weighted by molar-refractivity contribution is -0.118. The van der Waals surface area contributed by atoms with Gasteiger partial charge in [0.25, 0.3) is 0 Å². The zero-order valence-corrected chi connectivity index (χ0v) is 16.4. The van der Waals surface area contributed by atoms with Crippen molar-refractivity contribution in [2.24, 2.45) is 5.92 Å². The first-order chi connectivity index (χ1) is 13.1. The maximum atomic E-state index is 13.0. The van der Waals surface area contributed by atoms with Crippen LogP contribution in [0.25, 0.3) is 0 Å². The maximum Gasteiger partial charge on any atom is 0.227 e. The van der Waals surface area contributed by atoms with Crippen molar-refractivity contribution in [1.29, 1.82) is 0 Å². The molecule has 0 aliphatic heterocycles. The molecule has 5 heteroatoms. The molecular formula is C22H27NO4. The van der Waals surface area contributed by atoms with Gasteiger partial charge in [-0.15, -0.1) is 0 Å². The first-order valence-corrected chi connectivity index (χ1v) is 9.20. The van der Waals surface area contributed by atoms with Crippen molar-refractivity contribution in [3.8, 4) is 17.2 Å². The second-order valence-corrected chi connectivity index (χ2v) is 6.91. The van der Waals surface area contributed by atoms with Crippen LogP contribution in [0.1, 0.15) is 30.7 Å². The highest BCUT2D eigenvalue weighted by Crippen LogP contribution is 2.45. The Kier molecular flexibility index (Phi) is 5.89. The van der Waals surface area contributed by atoms with Gasteiger partial charge in [-0.2, -0.15) is 0 Å². The minimum atomic E-state index is 0.0925. The zero-order valence-electron chi connectivity index (χ0n) is 16.4. The Hall–Kier alpha value is -2.69. The number of rotatable bonds is 8. The normalized spacial score (nSPS) is 14.4. The van der Waals surface area contributed by atoms with Gasteiger partial charge in [-0.05, 0) is 54.5 Å². The lowest BCUT2D eigenvalue weighted by Gasteiger charge is -2.23. The molecule has 0 radical (unpaired) electrons. The van der Waals surface area contributed by atoms with Crippen LogP contribution in [0.3, 0.4) is 0 Å². The van der Waals surface area contributed by atoms with Gasteiger partial charge in [0.05, 0.1) is 21.3 Å². The molecule has 0 heterocycles. The van der Waals surface area contributed by atoms with E-state index in [1.807, 2.05) is 37.4 Å². The van der Waals surface area contributed by atoms with E-state index in [1.165, 1.54) is 18.4 Å². The van der Waals surface area contributed by atoms with E-state index in [1.54, 1.807) is 26.2 Å². The van der Waals surface area contributed by atoms with Crippen LogP contribution in [-0.2, 0) is 4.79 Å². The third-order valence-corrected chi connectivity index (χ3v) is 5.26. The van der Waals surface area contributed by atoms with Crippen molar-refractivity contribution in [3.63, 3.8) is 0 Å². The van der Waals surface area contributed by atoms with Gasteiger partial charge in [0, 0.05) is 25.2 Å². The summed E-state index contributed by atoms with van der Waals surface area (Å²) in [6, 6.07) is 13.6. The van der Waals surface area contributed by atoms with Gasteiger partial charge in [-0.3, -0.25) is 4.79 Å². The number of nitrogens with zero attached hydrogens (tertiary/aromatic N) is 1. The van der Waals surface area contributed by atoms with Gasteiger partial charge >= 0.3 is 0 Å². The van der Waals surface area contributed by atoms with Crippen molar-refractivity contribution in [1.82, 2.24) is 0 Å². The molecular weight excluding hydrogens is 342 g/mol. The summed E-state index contributed by atoms with van der Waals surface area (Å²) in [5.41, 5.74) is 1.99. The maximum absolute atomic E-state index is 13.0. The van der Waals surface area contributed by atoms with Crippen LogP contribution in [0.5, 0.6) is 17.2 Å². The highest BCUT2D eigenvalue weighted by molar-refractivity contribution is 5.93. The third kappa shape index (κ3) is 4.35. The Labute approximate surface area is 160 Å². The topological polar surface area (TPSA) is 48.0 Å². The van der Waals surface area contributed by atoms with Crippen LogP contribution in [0, 0.1) is 5.92 Å². The number of hydrogen-bond acceptors (Lipinski definition) is 4. The number of carbonyl (C=O) groups is 1. The highest BCUT2D eigenvalue weighted by atomic mass is 16.5. The molecule has 144 valence electrons. The molecule has 0 saturated heterocycles. The molecule has 1 aliphatic rings. The Morgan fingerprint density at radius 1 is 1.00 bits per heavy atom. The lowest BCUT2D eigenvalue weighted by Crippen LogP contribution is -2.28. The van der Waals surface area contributed by atoms with E-state index in [0.29, 0.717) is 23.8 Å². The molecule has 0 aromatic heterocycles. The van der Waals surface area contributed by atoms with E-state index in [2.05, 4.69) is 12.1 Å². The minimum absolute atomic E-state index is 0.0925. The molecule has 1 atom stereocenters. The van der Waals surface area contributed by atoms with Gasteiger partial charge in [-0.1, -0.05) is 12.1 Å². The number of methoxy groups -OCH3 is 3. The average molecular weight is 369 g/mol. The standard InChI is InChI=1S/C22H27NO4/c1-23(17-9-12-20(26-3)21(13-17)27-4)22(24)14-19(15-5-6-15)16-7-10-18(25-2)11-8-16/h7-13,15,19H,5-6,14H2,1-4H3. The van der Waals surface area contributed by atoms with Crippen molar-refractivity contribution in [2.75, 3.05) is 33.3 Å². The van der Waals surface area contributed by atoms with Gasteiger partial charge in [0.2, 0.25) is 5.91 Å². The summed E-state index contributed by atoms with van der Waals surface area (Å²) in [6.45, 7) is 0. The van der Waals surface area contributed by atoms with Crippen LogP contribution in [-0.4, -0.2) is 34.3 Å². The summed E-state index contributed by atoms with van der Waals surface area (Å²) in [4.78, 5) is 14.7. The molecule has 1 saturated carbocycles. The second kappa shape index (κ2) is 8.33. The largest absolute Gasteiger partial charge is 0.497 e. The van der Waals surface area contributed by atoms with E-state index in [0.717, 1.165) is 11.4 Å². The number of hydrogen-bond donors (Lipinski definition) is 0. The van der Waals surface area contributed by atoms with Crippen LogP contribution in [0.2, 0.25) is 0 Å². The molecule has 2 aromatic rings. The number of anilines is 1. The predicted octanol–water partition coefficient (Wildman–Crippen LogP) is 4.26. The van der Waals surface area contributed by atoms with Gasteiger partial charge in [-0.25, -0.2) is 0 Å². The number of benzene rings is 2. The fourth-order valence-electron chi connectivity index (χ4n) is 3.41. The molecule has 1 aliphatic carbocycles. The molecule has 1 unspecified atom stereocenters. The van der Waals surface area contributed by atoms with E-state index in [4.69, 9.17) is 14.2 Å². The fraction of sp³-hybridized carbons (Fsp3) is 0.409. The smallest absolute Gasteiger partial charge is 0.227 e. The zero-order chi connectivity index (χ0) is 19.4. The van der Waals surface area contributed by atoms with Gasteiger partial charge in [0.15, 0.2) is 11.5 Å². The molecule has 1 amide bonds. The molecule has 3 rings (SSSR count). The first-order valence-electron chi connectivity index (χ1n) is 9.20. The fourth-order valence-corrected chi connectivity index (χ4v) is 3.41. The summed E-state index contributed by atoms with van der Waals surface area (Å²) in [5.74, 6) is 3.02. The predicted molar refractivity (Wildman–Crippen MR) is 106 cm³/mol. The molecule has 0 spiro atoms. The molecule has 5 nitrogen and oxygen atoms in total. The summed E-state index contributed by atoms with van der Waals surface area (Å²) < 4.78 is 15.9. The molecule has 1 fully saturated rings. The summed E-state index contributed by atoms with van der Waals surface area (Å²) in [7, 11) is 6.66. The quantitative estimate of drug-likeness (QED) is 0.698. The SMILES string of the molecule is COc1ccc(C(CC(=O)N(C)c2ccc(OC)c(OC)c2)C2CC2)cc1. The molecule has 0 N–H and O–H groups in total. The highest BCUT2D eigenvalue weighted by Gasteiger charge is 2.34. The van der Waals surface area contributed by atoms with E-state index < -0.39 is 0 Å². The Morgan fingerprint density at radius 3 is 2.22 bits per heavy atom. The van der Waals surface area contributed by atoms with Crippen molar-refractivity contribution in [3.05, 3.63) is 48.0 Å². The van der Waals surface area contributed by atoms with Crippen LogP contribution in [0.15, 0.2) is 42.5 Å². The second-order valence-electron chi connectivity index (χ2n) is 6.91.